The molecule has 1 aromatic carbocycles. The third-order valence-electron chi connectivity index (χ3n) is 5.41. The number of likely N-dealkylation sites (N-methyl/N-ethyl adjacent to an activating group) is 1. The van der Waals surface area contributed by atoms with Crippen molar-refractivity contribution < 1.29 is 4.39 Å². The maximum absolute atomic E-state index is 13.7. The van der Waals surface area contributed by atoms with Gasteiger partial charge in [-0.1, -0.05) is 11.6 Å². The van der Waals surface area contributed by atoms with Gasteiger partial charge in [-0.2, -0.15) is 0 Å². The molecule has 4 rings (SSSR count). The summed E-state index contributed by atoms with van der Waals surface area (Å²) < 4.78 is 15.4. The van der Waals surface area contributed by atoms with Crippen LogP contribution in [0.2, 0.25) is 5.02 Å². The number of nitrogens with one attached hydrogen (secondary N) is 1. The van der Waals surface area contributed by atoms with Gasteiger partial charge < -0.3 is 20.5 Å². The fourth-order valence-electron chi connectivity index (χ4n) is 3.89. The molecular formula is C21H23ClFN5O. The summed E-state index contributed by atoms with van der Waals surface area (Å²) in [5.74, 6) is 0.140. The van der Waals surface area contributed by atoms with Gasteiger partial charge in [0.05, 0.1) is 16.2 Å². The van der Waals surface area contributed by atoms with Crippen LogP contribution >= 0.6 is 11.6 Å². The summed E-state index contributed by atoms with van der Waals surface area (Å²) in [4.78, 5) is 20.0. The summed E-state index contributed by atoms with van der Waals surface area (Å²) in [6.45, 7) is 4.40. The van der Waals surface area contributed by atoms with Gasteiger partial charge in [0.25, 0.3) is 5.56 Å². The molecule has 3 heterocycles. The van der Waals surface area contributed by atoms with Crippen molar-refractivity contribution in [3.8, 4) is 11.1 Å². The van der Waals surface area contributed by atoms with Gasteiger partial charge in [0.1, 0.15) is 11.6 Å². The van der Waals surface area contributed by atoms with E-state index in [1.807, 2.05) is 13.0 Å². The standard InChI is InChI=1S/C21H23ClFN5O/c1-3-28-19-9-20(26-13-4-5-27(2)11-13)25-10-12(19)6-15(21(28)29)14-7-18(24)17(23)8-16(14)22/h6-10,13H,3-5,11,24H2,1-2H3,(H,25,26). The van der Waals surface area contributed by atoms with E-state index in [9.17, 15) is 9.18 Å². The maximum Gasteiger partial charge on any atom is 0.258 e. The topological polar surface area (TPSA) is 76.2 Å². The lowest BCUT2D eigenvalue weighted by Gasteiger charge is -2.16. The number of halogens is 2. The number of nitrogen functional groups attached to an aromatic ring is 1. The molecule has 3 N–H and O–H groups in total. The molecule has 6 nitrogen and oxygen atoms in total. The van der Waals surface area contributed by atoms with E-state index < -0.39 is 5.82 Å². The fraction of sp³-hybridized carbons (Fsp3) is 0.333. The number of aryl methyl sites for hydroxylation is 1. The first-order chi connectivity index (χ1) is 13.9. The fourth-order valence-corrected chi connectivity index (χ4v) is 4.14. The lowest BCUT2D eigenvalue weighted by molar-refractivity contribution is 0.414. The van der Waals surface area contributed by atoms with E-state index in [-0.39, 0.29) is 16.3 Å². The van der Waals surface area contributed by atoms with Gasteiger partial charge in [-0.3, -0.25) is 4.79 Å². The molecule has 29 heavy (non-hydrogen) atoms. The van der Waals surface area contributed by atoms with Crippen molar-refractivity contribution in [2.45, 2.75) is 25.9 Å². The molecule has 0 saturated carbocycles. The lowest BCUT2D eigenvalue weighted by Crippen LogP contribution is -2.24. The summed E-state index contributed by atoms with van der Waals surface area (Å²) in [5.41, 5.74) is 7.02. The van der Waals surface area contributed by atoms with Crippen LogP contribution in [0.1, 0.15) is 13.3 Å². The average Bonchev–Trinajstić information content (AvgIpc) is 3.09. The second-order valence-electron chi connectivity index (χ2n) is 7.48. The monoisotopic (exact) mass is 415 g/mol. The van der Waals surface area contributed by atoms with Gasteiger partial charge in [0.15, 0.2) is 0 Å². The van der Waals surface area contributed by atoms with Crippen LogP contribution in [0.15, 0.2) is 35.3 Å². The summed E-state index contributed by atoms with van der Waals surface area (Å²) in [6.07, 6.45) is 2.80. The number of hydrogen-bond acceptors (Lipinski definition) is 5. The van der Waals surface area contributed by atoms with Gasteiger partial charge in [-0.05, 0) is 45.1 Å². The van der Waals surface area contributed by atoms with Crippen LogP contribution in [0.5, 0.6) is 0 Å². The zero-order valence-corrected chi connectivity index (χ0v) is 17.1. The van der Waals surface area contributed by atoms with Crippen LogP contribution in [-0.2, 0) is 6.54 Å². The van der Waals surface area contributed by atoms with Crippen molar-refractivity contribution >= 4 is 34.0 Å². The van der Waals surface area contributed by atoms with Crippen molar-refractivity contribution in [3.05, 3.63) is 51.7 Å². The molecule has 2 aromatic heterocycles. The molecule has 0 spiro atoms. The number of pyridine rings is 2. The molecule has 8 heteroatoms. The number of fused-ring (bicyclic) bond motifs is 1. The van der Waals surface area contributed by atoms with E-state index >= 15 is 0 Å². The Morgan fingerprint density at radius 1 is 1.31 bits per heavy atom. The van der Waals surface area contributed by atoms with Crippen LogP contribution in [0, 0.1) is 5.82 Å². The van der Waals surface area contributed by atoms with E-state index in [0.717, 1.165) is 42.3 Å². The molecule has 1 aliphatic rings. The Hall–Kier alpha value is -2.64. The lowest BCUT2D eigenvalue weighted by atomic mass is 10.0. The SMILES string of the molecule is CCn1c(=O)c(-c2cc(N)c(F)cc2Cl)cc2cnc(NC3CCN(C)C3)cc21. The van der Waals surface area contributed by atoms with E-state index in [2.05, 4.69) is 22.2 Å². The van der Waals surface area contributed by atoms with Crippen molar-refractivity contribution in [1.29, 1.82) is 0 Å². The first-order valence-corrected chi connectivity index (χ1v) is 9.98. The van der Waals surface area contributed by atoms with Gasteiger partial charge in [0, 0.05) is 47.9 Å². The Kier molecular flexibility index (Phi) is 5.19. The van der Waals surface area contributed by atoms with E-state index in [1.54, 1.807) is 16.8 Å². The summed E-state index contributed by atoms with van der Waals surface area (Å²) in [6, 6.07) is 6.52. The number of nitrogens with zero attached hydrogens (tertiary/aromatic N) is 3. The van der Waals surface area contributed by atoms with E-state index in [4.69, 9.17) is 17.3 Å². The van der Waals surface area contributed by atoms with Crippen molar-refractivity contribution in [1.82, 2.24) is 14.5 Å². The molecule has 0 amide bonds. The zero-order chi connectivity index (χ0) is 20.7. The number of benzene rings is 1. The van der Waals surface area contributed by atoms with Gasteiger partial charge in [0.2, 0.25) is 0 Å². The predicted octanol–water partition coefficient (Wildman–Crippen LogP) is 3.57. The largest absolute Gasteiger partial charge is 0.396 e. The number of anilines is 2. The molecule has 3 aromatic rings. The van der Waals surface area contributed by atoms with Crippen LogP contribution in [-0.4, -0.2) is 40.6 Å². The molecule has 1 atom stereocenters. The molecule has 0 aliphatic carbocycles. The van der Waals surface area contributed by atoms with Crippen LogP contribution in [0.3, 0.4) is 0 Å². The van der Waals surface area contributed by atoms with Gasteiger partial charge in [-0.15, -0.1) is 0 Å². The van der Waals surface area contributed by atoms with Crippen LogP contribution in [0.25, 0.3) is 22.0 Å². The Bertz CT molecular complexity index is 1150. The van der Waals surface area contributed by atoms with Crippen molar-refractivity contribution in [2.24, 2.45) is 0 Å². The minimum Gasteiger partial charge on any atom is -0.396 e. The Morgan fingerprint density at radius 3 is 2.79 bits per heavy atom. The third kappa shape index (κ3) is 3.68. The second kappa shape index (κ2) is 7.65. The van der Waals surface area contributed by atoms with Crippen LogP contribution in [0.4, 0.5) is 15.9 Å². The second-order valence-corrected chi connectivity index (χ2v) is 7.89. The molecule has 1 fully saturated rings. The highest BCUT2D eigenvalue weighted by atomic mass is 35.5. The highest BCUT2D eigenvalue weighted by Gasteiger charge is 2.20. The van der Waals surface area contributed by atoms with Crippen LogP contribution < -0.4 is 16.6 Å². The number of rotatable bonds is 4. The van der Waals surface area contributed by atoms with Gasteiger partial charge in [-0.25, -0.2) is 9.37 Å². The quantitative estimate of drug-likeness (QED) is 0.637. The Labute approximate surface area is 173 Å². The summed E-state index contributed by atoms with van der Waals surface area (Å²) in [7, 11) is 2.10. The molecule has 0 bridgehead atoms. The first kappa shape index (κ1) is 19.7. The summed E-state index contributed by atoms with van der Waals surface area (Å²) in [5, 5.41) is 4.40. The number of aromatic nitrogens is 2. The molecule has 1 unspecified atom stereocenters. The number of nitrogens with two attached hydrogens (primary N) is 1. The van der Waals surface area contributed by atoms with E-state index in [1.165, 1.54) is 6.07 Å². The number of hydrogen-bond donors (Lipinski definition) is 2. The third-order valence-corrected chi connectivity index (χ3v) is 5.73. The van der Waals surface area contributed by atoms with E-state index in [0.29, 0.717) is 23.7 Å². The highest BCUT2D eigenvalue weighted by molar-refractivity contribution is 6.33. The Balaban J connectivity index is 1.81. The van der Waals surface area contributed by atoms with Crippen molar-refractivity contribution in [3.63, 3.8) is 0 Å². The zero-order valence-electron chi connectivity index (χ0n) is 16.4. The summed E-state index contributed by atoms with van der Waals surface area (Å²) >= 11 is 6.21. The van der Waals surface area contributed by atoms with Crippen molar-refractivity contribution in [2.75, 3.05) is 31.2 Å². The minimum atomic E-state index is -0.606. The number of likely N-dealkylation sites (tertiary alicyclic amines) is 1. The van der Waals surface area contributed by atoms with Gasteiger partial charge >= 0.3 is 0 Å². The normalized spacial score (nSPS) is 17.2. The average molecular weight is 416 g/mol. The minimum absolute atomic E-state index is 0.0499. The molecule has 1 aliphatic heterocycles. The highest BCUT2D eigenvalue weighted by Crippen LogP contribution is 2.31. The Morgan fingerprint density at radius 2 is 2.10 bits per heavy atom. The predicted molar refractivity (Wildman–Crippen MR) is 116 cm³/mol. The molecule has 1 saturated heterocycles. The smallest absolute Gasteiger partial charge is 0.258 e. The first-order valence-electron chi connectivity index (χ1n) is 9.61. The molecule has 0 radical (unpaired) electrons. The molecular weight excluding hydrogens is 393 g/mol. The maximum atomic E-state index is 13.7. The molecule has 152 valence electrons.